The highest BCUT2D eigenvalue weighted by Crippen LogP contribution is 2.16. The van der Waals surface area contributed by atoms with E-state index in [1.54, 1.807) is 36.4 Å². The Hall–Kier alpha value is -3.86. The van der Waals surface area contributed by atoms with Gasteiger partial charge < -0.3 is 14.4 Å². The van der Waals surface area contributed by atoms with Gasteiger partial charge in [0.2, 0.25) is 5.91 Å². The maximum Gasteiger partial charge on any atom is 0.247 e. The van der Waals surface area contributed by atoms with Crippen LogP contribution in [0.3, 0.4) is 0 Å². The zero-order chi connectivity index (χ0) is 21.9. The summed E-state index contributed by atoms with van der Waals surface area (Å²) in [6.07, 6.45) is 6.85. The van der Waals surface area contributed by atoms with Gasteiger partial charge >= 0.3 is 0 Å². The summed E-state index contributed by atoms with van der Waals surface area (Å²) in [5.41, 5.74) is 2.82. The Bertz CT molecular complexity index is 997. The second-order valence-electron chi connectivity index (χ2n) is 6.87. The van der Waals surface area contributed by atoms with Gasteiger partial charge in [-0.2, -0.15) is 0 Å². The molecule has 0 bridgehead atoms. The van der Waals surface area contributed by atoms with Gasteiger partial charge in [-0.3, -0.25) is 9.78 Å². The lowest BCUT2D eigenvalue weighted by Gasteiger charge is -2.19. The second kappa shape index (κ2) is 11.4. The summed E-state index contributed by atoms with van der Waals surface area (Å²) in [5.74, 6) is 1.46. The maximum absolute atomic E-state index is 12.7. The van der Waals surface area contributed by atoms with E-state index in [2.05, 4.69) is 11.6 Å². The standard InChI is InChI=1S/C26H26N2O3/c1-3-18-28(19-22-9-12-24(30-2)13-10-22)26(29)16-11-21-7-14-25(15-8-21)31-20-23-6-4-5-17-27-23/h3-17H,1,18-20H2,2H3. The summed E-state index contributed by atoms with van der Waals surface area (Å²) in [5, 5.41) is 0. The van der Waals surface area contributed by atoms with E-state index >= 15 is 0 Å². The van der Waals surface area contributed by atoms with Crippen molar-refractivity contribution >= 4 is 12.0 Å². The van der Waals surface area contributed by atoms with E-state index in [0.717, 1.165) is 28.3 Å². The number of carbonyl (C=O) groups excluding carboxylic acids is 1. The summed E-state index contributed by atoms with van der Waals surface area (Å²) in [6, 6.07) is 21.0. The molecule has 0 radical (unpaired) electrons. The summed E-state index contributed by atoms with van der Waals surface area (Å²) < 4.78 is 10.9. The van der Waals surface area contributed by atoms with Crippen LogP contribution in [0.5, 0.6) is 11.5 Å². The average molecular weight is 415 g/mol. The summed E-state index contributed by atoms with van der Waals surface area (Å²) in [6.45, 7) is 5.14. The fraction of sp³-hybridized carbons (Fsp3) is 0.154. The normalized spacial score (nSPS) is 10.6. The molecule has 1 aromatic heterocycles. The predicted molar refractivity (Wildman–Crippen MR) is 123 cm³/mol. The van der Waals surface area contributed by atoms with E-state index < -0.39 is 0 Å². The molecule has 5 nitrogen and oxygen atoms in total. The first-order valence-corrected chi connectivity index (χ1v) is 10.0. The molecule has 5 heteroatoms. The van der Waals surface area contributed by atoms with Crippen LogP contribution in [0.15, 0.2) is 91.7 Å². The van der Waals surface area contributed by atoms with Crippen LogP contribution in [-0.4, -0.2) is 29.4 Å². The van der Waals surface area contributed by atoms with Gasteiger partial charge in [-0.25, -0.2) is 0 Å². The average Bonchev–Trinajstić information content (AvgIpc) is 2.82. The molecule has 2 aromatic carbocycles. The fourth-order valence-electron chi connectivity index (χ4n) is 2.93. The third-order valence-corrected chi connectivity index (χ3v) is 4.60. The largest absolute Gasteiger partial charge is 0.497 e. The topological polar surface area (TPSA) is 51.7 Å². The van der Waals surface area contributed by atoms with Gasteiger partial charge in [0.05, 0.1) is 12.8 Å². The van der Waals surface area contributed by atoms with Crippen LogP contribution in [0.1, 0.15) is 16.8 Å². The lowest BCUT2D eigenvalue weighted by molar-refractivity contribution is -0.126. The molecule has 0 spiro atoms. The predicted octanol–water partition coefficient (Wildman–Crippen LogP) is 4.90. The number of hydrogen-bond acceptors (Lipinski definition) is 4. The molecule has 0 fully saturated rings. The highest BCUT2D eigenvalue weighted by atomic mass is 16.5. The molecule has 1 heterocycles. The van der Waals surface area contributed by atoms with Gasteiger partial charge in [-0.05, 0) is 53.6 Å². The van der Waals surface area contributed by atoms with Gasteiger partial charge in [0.25, 0.3) is 0 Å². The summed E-state index contributed by atoms with van der Waals surface area (Å²) in [4.78, 5) is 18.7. The number of rotatable bonds is 10. The van der Waals surface area contributed by atoms with Crippen molar-refractivity contribution in [3.63, 3.8) is 0 Å². The van der Waals surface area contributed by atoms with Crippen LogP contribution in [0.4, 0.5) is 0 Å². The minimum absolute atomic E-state index is 0.0776. The van der Waals surface area contributed by atoms with Crippen molar-refractivity contribution in [2.45, 2.75) is 13.2 Å². The second-order valence-corrected chi connectivity index (χ2v) is 6.87. The Morgan fingerprint density at radius 1 is 1.03 bits per heavy atom. The molecule has 0 aliphatic heterocycles. The Morgan fingerprint density at radius 3 is 2.42 bits per heavy atom. The van der Waals surface area contributed by atoms with E-state index in [1.165, 1.54) is 0 Å². The summed E-state index contributed by atoms with van der Waals surface area (Å²) in [7, 11) is 1.63. The molecular formula is C26H26N2O3. The SMILES string of the molecule is C=CCN(Cc1ccc(OC)cc1)C(=O)C=Cc1ccc(OCc2ccccn2)cc1. The lowest BCUT2D eigenvalue weighted by atomic mass is 10.2. The van der Waals surface area contributed by atoms with E-state index in [-0.39, 0.29) is 5.91 Å². The van der Waals surface area contributed by atoms with E-state index in [1.807, 2.05) is 66.7 Å². The lowest BCUT2D eigenvalue weighted by Crippen LogP contribution is -2.29. The molecule has 158 valence electrons. The highest BCUT2D eigenvalue weighted by Gasteiger charge is 2.10. The molecule has 0 aliphatic rings. The number of methoxy groups -OCH3 is 1. The van der Waals surface area contributed by atoms with Crippen molar-refractivity contribution in [2.75, 3.05) is 13.7 Å². The molecule has 0 atom stereocenters. The van der Waals surface area contributed by atoms with E-state index in [9.17, 15) is 4.79 Å². The van der Waals surface area contributed by atoms with Crippen LogP contribution >= 0.6 is 0 Å². The Morgan fingerprint density at radius 2 is 1.77 bits per heavy atom. The third kappa shape index (κ3) is 6.85. The van der Waals surface area contributed by atoms with Crippen molar-refractivity contribution in [2.24, 2.45) is 0 Å². The zero-order valence-corrected chi connectivity index (χ0v) is 17.6. The number of amides is 1. The number of ether oxygens (including phenoxy) is 2. The number of nitrogens with zero attached hydrogens (tertiary/aromatic N) is 2. The van der Waals surface area contributed by atoms with Crippen LogP contribution in [0.2, 0.25) is 0 Å². The third-order valence-electron chi connectivity index (χ3n) is 4.60. The molecule has 0 unspecified atom stereocenters. The molecule has 0 N–H and O–H groups in total. The van der Waals surface area contributed by atoms with Gasteiger partial charge in [-0.15, -0.1) is 6.58 Å². The smallest absolute Gasteiger partial charge is 0.247 e. The quantitative estimate of drug-likeness (QED) is 0.350. The minimum Gasteiger partial charge on any atom is -0.497 e. The van der Waals surface area contributed by atoms with Gasteiger partial charge in [0.1, 0.15) is 18.1 Å². The van der Waals surface area contributed by atoms with Crippen molar-refractivity contribution < 1.29 is 14.3 Å². The van der Waals surface area contributed by atoms with Crippen LogP contribution in [0.25, 0.3) is 6.08 Å². The Kier molecular flexibility index (Phi) is 8.00. The maximum atomic E-state index is 12.7. The monoisotopic (exact) mass is 414 g/mol. The first kappa shape index (κ1) is 21.8. The number of hydrogen-bond donors (Lipinski definition) is 0. The fourth-order valence-corrected chi connectivity index (χ4v) is 2.93. The van der Waals surface area contributed by atoms with Gasteiger partial charge in [-0.1, -0.05) is 36.4 Å². The van der Waals surface area contributed by atoms with Crippen molar-refractivity contribution in [3.8, 4) is 11.5 Å². The number of benzene rings is 2. The Labute approximate surface area is 183 Å². The zero-order valence-electron chi connectivity index (χ0n) is 17.6. The van der Waals surface area contributed by atoms with Gasteiger partial charge in [0, 0.05) is 25.4 Å². The molecule has 1 amide bonds. The number of aromatic nitrogens is 1. The minimum atomic E-state index is -0.0776. The molecule has 31 heavy (non-hydrogen) atoms. The van der Waals surface area contributed by atoms with Crippen LogP contribution in [-0.2, 0) is 17.9 Å². The molecule has 3 aromatic rings. The molecule has 0 aliphatic carbocycles. The molecule has 3 rings (SSSR count). The van der Waals surface area contributed by atoms with Crippen LogP contribution in [0, 0.1) is 0 Å². The van der Waals surface area contributed by atoms with Crippen molar-refractivity contribution in [1.82, 2.24) is 9.88 Å². The molecule has 0 saturated carbocycles. The molecule has 0 saturated heterocycles. The molecular weight excluding hydrogens is 388 g/mol. The van der Waals surface area contributed by atoms with Gasteiger partial charge in [0.15, 0.2) is 0 Å². The first-order valence-electron chi connectivity index (χ1n) is 10.0. The van der Waals surface area contributed by atoms with Crippen molar-refractivity contribution in [1.29, 1.82) is 0 Å². The van der Waals surface area contributed by atoms with E-state index in [0.29, 0.717) is 19.7 Å². The Balaban J connectivity index is 1.57. The first-order chi connectivity index (χ1) is 15.2. The number of pyridine rings is 1. The van der Waals surface area contributed by atoms with Crippen LogP contribution < -0.4 is 9.47 Å². The highest BCUT2D eigenvalue weighted by molar-refractivity contribution is 5.91. The number of carbonyl (C=O) groups is 1. The summed E-state index contributed by atoms with van der Waals surface area (Å²) >= 11 is 0. The van der Waals surface area contributed by atoms with Crippen molar-refractivity contribution in [3.05, 3.63) is 108 Å². The van der Waals surface area contributed by atoms with E-state index in [4.69, 9.17) is 9.47 Å².